The Morgan fingerprint density at radius 2 is 1.81 bits per heavy atom. The van der Waals surface area contributed by atoms with Gasteiger partial charge in [0.2, 0.25) is 0 Å². The summed E-state index contributed by atoms with van der Waals surface area (Å²) in [6.07, 6.45) is -3.73. The van der Waals surface area contributed by atoms with Gasteiger partial charge in [-0.1, -0.05) is 36.0 Å². The van der Waals surface area contributed by atoms with Gasteiger partial charge in [-0.25, -0.2) is 0 Å². The van der Waals surface area contributed by atoms with Gasteiger partial charge in [-0.05, 0) is 23.8 Å². The molecule has 2 N–H and O–H groups in total. The normalized spacial score (nSPS) is 11.4. The molecule has 0 unspecified atom stereocenters. The second-order valence-corrected chi connectivity index (χ2v) is 5.37. The number of alkyl halides is 3. The molecule has 0 aliphatic rings. The Kier molecular flexibility index (Phi) is 4.69. The van der Waals surface area contributed by atoms with E-state index in [4.69, 9.17) is 5.73 Å². The van der Waals surface area contributed by atoms with Crippen molar-refractivity contribution >= 4 is 18.0 Å². The van der Waals surface area contributed by atoms with E-state index in [1.165, 1.54) is 6.07 Å². The number of benzene rings is 2. The molecule has 2 nitrogen and oxygen atoms in total. The second kappa shape index (κ2) is 6.32. The zero-order valence-corrected chi connectivity index (χ0v) is 11.7. The van der Waals surface area contributed by atoms with Crippen molar-refractivity contribution in [1.29, 1.82) is 0 Å². The minimum Gasteiger partial charge on any atom is -0.326 e. The van der Waals surface area contributed by atoms with Crippen molar-refractivity contribution in [2.45, 2.75) is 22.5 Å². The highest BCUT2D eigenvalue weighted by Crippen LogP contribution is 2.37. The van der Waals surface area contributed by atoms with E-state index in [-0.39, 0.29) is 6.54 Å². The molecule has 0 amide bonds. The van der Waals surface area contributed by atoms with Crippen molar-refractivity contribution in [3.63, 3.8) is 0 Å². The number of carbonyl (C=O) groups excluding carboxylic acids is 1. The highest BCUT2D eigenvalue weighted by Gasteiger charge is 2.31. The molecule has 2 aromatic rings. The average Bonchev–Trinajstić information content (AvgIpc) is 2.47. The molecule has 0 aliphatic heterocycles. The SMILES string of the molecule is NCc1ccc(C(F)(F)F)cc1Sc1ccccc1C=O. The van der Waals surface area contributed by atoms with Gasteiger partial charge in [0, 0.05) is 21.9 Å². The van der Waals surface area contributed by atoms with E-state index in [2.05, 4.69) is 0 Å². The van der Waals surface area contributed by atoms with Crippen LogP contribution in [0, 0.1) is 0 Å². The molecule has 0 bridgehead atoms. The zero-order valence-electron chi connectivity index (χ0n) is 10.9. The summed E-state index contributed by atoms with van der Waals surface area (Å²) in [7, 11) is 0. The number of carbonyl (C=O) groups is 1. The standard InChI is InChI=1S/C15H12F3NOS/c16-15(17,18)12-6-5-10(8-19)14(7-12)21-13-4-2-1-3-11(13)9-20/h1-7,9H,8,19H2. The highest BCUT2D eigenvalue weighted by atomic mass is 32.2. The molecule has 2 aromatic carbocycles. The first kappa shape index (κ1) is 15.6. The van der Waals surface area contributed by atoms with Gasteiger partial charge in [-0.2, -0.15) is 13.2 Å². The molecule has 0 atom stereocenters. The zero-order chi connectivity index (χ0) is 15.5. The van der Waals surface area contributed by atoms with Crippen LogP contribution in [0.2, 0.25) is 0 Å². The van der Waals surface area contributed by atoms with Crippen LogP contribution in [0.5, 0.6) is 0 Å². The molecule has 0 radical (unpaired) electrons. The number of halogens is 3. The van der Waals surface area contributed by atoms with Crippen LogP contribution < -0.4 is 5.73 Å². The Morgan fingerprint density at radius 1 is 1.10 bits per heavy atom. The Balaban J connectivity index is 2.44. The summed E-state index contributed by atoms with van der Waals surface area (Å²) in [6.45, 7) is 0.129. The number of hydrogen-bond acceptors (Lipinski definition) is 3. The van der Waals surface area contributed by atoms with E-state index in [9.17, 15) is 18.0 Å². The fourth-order valence-corrected chi connectivity index (χ4v) is 2.87. The third kappa shape index (κ3) is 3.65. The van der Waals surface area contributed by atoms with Crippen LogP contribution in [-0.2, 0) is 12.7 Å². The summed E-state index contributed by atoms with van der Waals surface area (Å²) >= 11 is 1.11. The van der Waals surface area contributed by atoms with Gasteiger partial charge in [0.15, 0.2) is 6.29 Å². The van der Waals surface area contributed by atoms with Crippen LogP contribution in [0.4, 0.5) is 13.2 Å². The highest BCUT2D eigenvalue weighted by molar-refractivity contribution is 7.99. The lowest BCUT2D eigenvalue weighted by Gasteiger charge is -2.13. The van der Waals surface area contributed by atoms with Gasteiger partial charge < -0.3 is 5.73 Å². The van der Waals surface area contributed by atoms with Gasteiger partial charge in [0.05, 0.1) is 5.56 Å². The third-order valence-corrected chi connectivity index (χ3v) is 4.07. The largest absolute Gasteiger partial charge is 0.416 e. The Labute approximate surface area is 124 Å². The van der Waals surface area contributed by atoms with Crippen LogP contribution in [0.3, 0.4) is 0 Å². The first-order valence-corrected chi connectivity index (χ1v) is 6.89. The molecule has 0 saturated carbocycles. The van der Waals surface area contributed by atoms with E-state index in [0.717, 1.165) is 23.9 Å². The first-order valence-electron chi connectivity index (χ1n) is 6.08. The molecule has 0 aromatic heterocycles. The summed E-state index contributed by atoms with van der Waals surface area (Å²) in [5.41, 5.74) is 5.88. The fourth-order valence-electron chi connectivity index (χ4n) is 1.78. The fraction of sp³-hybridized carbons (Fsp3) is 0.133. The van der Waals surface area contributed by atoms with E-state index in [1.807, 2.05) is 0 Å². The molecule has 110 valence electrons. The molecule has 0 aliphatic carbocycles. The maximum atomic E-state index is 12.8. The predicted octanol–water partition coefficient (Wildman–Crippen LogP) is 4.13. The van der Waals surface area contributed by atoms with Crippen LogP contribution in [0.25, 0.3) is 0 Å². The first-order chi connectivity index (χ1) is 9.95. The van der Waals surface area contributed by atoms with Crippen molar-refractivity contribution in [3.8, 4) is 0 Å². The van der Waals surface area contributed by atoms with Gasteiger partial charge >= 0.3 is 6.18 Å². The molecular formula is C15H12F3NOS. The van der Waals surface area contributed by atoms with Crippen molar-refractivity contribution in [2.75, 3.05) is 0 Å². The minimum absolute atomic E-state index is 0.129. The number of rotatable bonds is 4. The summed E-state index contributed by atoms with van der Waals surface area (Å²) in [5.74, 6) is 0. The van der Waals surface area contributed by atoms with Crippen LogP contribution in [0.1, 0.15) is 21.5 Å². The van der Waals surface area contributed by atoms with Crippen LogP contribution in [-0.4, -0.2) is 6.29 Å². The van der Waals surface area contributed by atoms with E-state index in [1.54, 1.807) is 24.3 Å². The average molecular weight is 311 g/mol. The van der Waals surface area contributed by atoms with Crippen LogP contribution >= 0.6 is 11.8 Å². The number of hydrogen-bond donors (Lipinski definition) is 1. The lowest BCUT2D eigenvalue weighted by atomic mass is 10.1. The molecule has 0 saturated heterocycles. The Morgan fingerprint density at radius 3 is 2.43 bits per heavy atom. The molecule has 0 spiro atoms. The Hall–Kier alpha value is -1.79. The maximum absolute atomic E-state index is 12.8. The summed E-state index contributed by atoms with van der Waals surface area (Å²) in [6, 6.07) is 10.2. The second-order valence-electron chi connectivity index (χ2n) is 4.28. The smallest absolute Gasteiger partial charge is 0.326 e. The van der Waals surface area contributed by atoms with E-state index < -0.39 is 11.7 Å². The quantitative estimate of drug-likeness (QED) is 0.863. The molecule has 21 heavy (non-hydrogen) atoms. The summed E-state index contributed by atoms with van der Waals surface area (Å²) in [4.78, 5) is 12.0. The minimum atomic E-state index is -4.41. The van der Waals surface area contributed by atoms with Crippen LogP contribution in [0.15, 0.2) is 52.3 Å². The molecule has 0 heterocycles. The van der Waals surface area contributed by atoms with Gasteiger partial charge in [-0.3, -0.25) is 4.79 Å². The summed E-state index contributed by atoms with van der Waals surface area (Å²) < 4.78 is 38.4. The third-order valence-electron chi connectivity index (χ3n) is 2.88. The van der Waals surface area contributed by atoms with Crippen molar-refractivity contribution in [2.24, 2.45) is 5.73 Å². The predicted molar refractivity (Wildman–Crippen MR) is 75.3 cm³/mol. The number of aldehydes is 1. The van der Waals surface area contributed by atoms with E-state index >= 15 is 0 Å². The summed E-state index contributed by atoms with van der Waals surface area (Å²) in [5, 5.41) is 0. The van der Waals surface area contributed by atoms with Gasteiger partial charge in [0.1, 0.15) is 0 Å². The monoisotopic (exact) mass is 311 g/mol. The van der Waals surface area contributed by atoms with Gasteiger partial charge in [0.25, 0.3) is 0 Å². The lowest BCUT2D eigenvalue weighted by molar-refractivity contribution is -0.137. The van der Waals surface area contributed by atoms with Crippen molar-refractivity contribution in [1.82, 2.24) is 0 Å². The van der Waals surface area contributed by atoms with Crippen molar-refractivity contribution in [3.05, 3.63) is 59.2 Å². The maximum Gasteiger partial charge on any atom is 0.416 e. The molecule has 6 heteroatoms. The Bertz CT molecular complexity index is 656. The topological polar surface area (TPSA) is 43.1 Å². The molecular weight excluding hydrogens is 299 g/mol. The van der Waals surface area contributed by atoms with E-state index in [0.29, 0.717) is 27.2 Å². The number of nitrogens with two attached hydrogens (primary N) is 1. The van der Waals surface area contributed by atoms with Crippen molar-refractivity contribution < 1.29 is 18.0 Å². The van der Waals surface area contributed by atoms with Gasteiger partial charge in [-0.15, -0.1) is 0 Å². The molecule has 0 fully saturated rings. The lowest BCUT2D eigenvalue weighted by Crippen LogP contribution is -2.07. The molecule has 2 rings (SSSR count).